The van der Waals surface area contributed by atoms with Crippen LogP contribution in [-0.2, 0) is 14.0 Å². The predicted molar refractivity (Wildman–Crippen MR) is 213 cm³/mol. The lowest BCUT2D eigenvalue weighted by atomic mass is 9.68. The van der Waals surface area contributed by atoms with E-state index in [0.29, 0.717) is 36.0 Å². The van der Waals surface area contributed by atoms with Gasteiger partial charge in [0.1, 0.15) is 11.9 Å². The Kier molecular flexibility index (Phi) is 9.96. The summed E-state index contributed by atoms with van der Waals surface area (Å²) in [4.78, 5) is 42.0. The summed E-state index contributed by atoms with van der Waals surface area (Å²) in [6.07, 6.45) is 4.66. The molecule has 6 nitrogen and oxygen atoms in total. The first-order chi connectivity index (χ1) is 25.7. The largest absolute Gasteiger partial charge is 0.458 e. The number of carbonyl (C=O) groups excluding carboxylic acids is 3. The van der Waals surface area contributed by atoms with Gasteiger partial charge in [-0.05, 0) is 93.2 Å². The number of cyclic esters (lactones) is 1. The molecule has 2 heterocycles. The van der Waals surface area contributed by atoms with E-state index in [4.69, 9.17) is 9.16 Å². The molecule has 54 heavy (non-hydrogen) atoms. The zero-order valence-corrected chi connectivity index (χ0v) is 32.9. The van der Waals surface area contributed by atoms with E-state index < -0.39 is 25.9 Å². The minimum Gasteiger partial charge on any atom is -0.458 e. The van der Waals surface area contributed by atoms with Crippen molar-refractivity contribution in [3.63, 3.8) is 0 Å². The maximum absolute atomic E-state index is 14.6. The average Bonchev–Trinajstić information content (AvgIpc) is 3.39. The highest BCUT2D eigenvalue weighted by Crippen LogP contribution is 2.48. The lowest BCUT2D eigenvalue weighted by Crippen LogP contribution is -2.68. The third-order valence-corrected chi connectivity index (χ3v) is 16.4. The number of allylic oxidation sites excluding steroid dienone is 2. The number of nitrogens with zero attached hydrogens (tertiary/aromatic N) is 1. The number of aryl methyl sites for hydroxylation is 1. The fourth-order valence-electron chi connectivity index (χ4n) is 8.83. The standard InChI is InChI=1S/C46H48FNO5Si/c1-30-25-31(21-24-41(30)47)39-26-32(48-43(50)37-19-13-14-20-38(37)44(48)51)29-46(5,6)40(39)23-22-33-27-34(28-42(49)52-33)53-54(45(2,3)4,35-15-9-7-10-16-35)36-17-11-8-12-18-36/h7-25,32-34H,26-29H2,1-6H3/b23-22+/t32?,33-,34-/m0/s1. The SMILES string of the molecule is Cc1cc(C2=C(/C=C/[C@H]3C[C@H](O[Si](c4ccccc4)(c4ccccc4)C(C)(C)C)CC(=O)O3)C(C)(C)CC(N3C(=O)c4ccccc4C3=O)C2)ccc1F. The molecule has 0 spiro atoms. The van der Waals surface area contributed by atoms with E-state index >= 15 is 0 Å². The van der Waals surface area contributed by atoms with Gasteiger partial charge in [0.05, 0.1) is 23.7 Å². The Hall–Kier alpha value is -4.92. The Morgan fingerprint density at radius 1 is 0.833 bits per heavy atom. The molecule has 3 aliphatic rings. The summed E-state index contributed by atoms with van der Waals surface area (Å²) in [6.45, 7) is 12.6. The molecule has 278 valence electrons. The van der Waals surface area contributed by atoms with E-state index in [2.05, 4.69) is 83.1 Å². The van der Waals surface area contributed by atoms with Gasteiger partial charge in [-0.15, -0.1) is 0 Å². The lowest BCUT2D eigenvalue weighted by molar-refractivity contribution is -0.155. The van der Waals surface area contributed by atoms with Crippen molar-refractivity contribution in [1.29, 1.82) is 0 Å². The van der Waals surface area contributed by atoms with Crippen molar-refractivity contribution in [3.8, 4) is 0 Å². The van der Waals surface area contributed by atoms with Gasteiger partial charge in [0.25, 0.3) is 20.1 Å². The van der Waals surface area contributed by atoms with Crippen LogP contribution in [0.25, 0.3) is 5.57 Å². The summed E-state index contributed by atoms with van der Waals surface area (Å²) >= 11 is 0. The van der Waals surface area contributed by atoms with Crippen molar-refractivity contribution in [2.24, 2.45) is 5.41 Å². The van der Waals surface area contributed by atoms with Crippen molar-refractivity contribution >= 4 is 42.0 Å². The molecule has 0 bridgehead atoms. The molecule has 3 atom stereocenters. The summed E-state index contributed by atoms with van der Waals surface area (Å²) in [5, 5.41) is 2.05. The molecule has 8 heteroatoms. The molecule has 1 fully saturated rings. The Morgan fingerprint density at radius 3 is 1.96 bits per heavy atom. The second-order valence-electron chi connectivity index (χ2n) is 16.6. The zero-order chi connectivity index (χ0) is 38.4. The summed E-state index contributed by atoms with van der Waals surface area (Å²) in [5.74, 6) is -1.18. The highest BCUT2D eigenvalue weighted by Gasteiger charge is 2.52. The maximum Gasteiger partial charge on any atom is 0.308 e. The quantitative estimate of drug-likeness (QED) is 0.103. The van der Waals surface area contributed by atoms with Crippen LogP contribution in [0.1, 0.15) is 92.1 Å². The monoisotopic (exact) mass is 741 g/mol. The Balaban J connectivity index is 1.24. The van der Waals surface area contributed by atoms with Crippen LogP contribution in [0.15, 0.2) is 121 Å². The van der Waals surface area contributed by atoms with Crippen molar-refractivity contribution in [2.45, 2.75) is 90.5 Å². The van der Waals surface area contributed by atoms with E-state index in [1.807, 2.05) is 30.4 Å². The van der Waals surface area contributed by atoms with Crippen LogP contribution in [0.4, 0.5) is 4.39 Å². The lowest BCUT2D eigenvalue weighted by Gasteiger charge is -2.46. The molecule has 2 amide bonds. The van der Waals surface area contributed by atoms with E-state index in [0.717, 1.165) is 27.1 Å². The summed E-state index contributed by atoms with van der Waals surface area (Å²) in [6, 6.07) is 32.4. The number of esters is 1. The van der Waals surface area contributed by atoms with Gasteiger partial charge in [-0.3, -0.25) is 19.3 Å². The number of rotatable bonds is 8. The van der Waals surface area contributed by atoms with Crippen molar-refractivity contribution in [2.75, 3.05) is 0 Å². The molecule has 1 aliphatic carbocycles. The van der Waals surface area contributed by atoms with E-state index in [1.165, 1.54) is 11.0 Å². The number of hydrogen-bond donors (Lipinski definition) is 0. The predicted octanol–water partition coefficient (Wildman–Crippen LogP) is 8.58. The average molecular weight is 742 g/mol. The summed E-state index contributed by atoms with van der Waals surface area (Å²) in [7, 11) is -2.93. The molecular weight excluding hydrogens is 694 g/mol. The first-order valence-electron chi connectivity index (χ1n) is 18.8. The molecule has 1 saturated heterocycles. The number of benzene rings is 4. The van der Waals surface area contributed by atoms with Gasteiger partial charge in [-0.2, -0.15) is 0 Å². The molecule has 0 radical (unpaired) electrons. The number of fused-ring (bicyclic) bond motifs is 1. The van der Waals surface area contributed by atoms with E-state index in [9.17, 15) is 18.8 Å². The molecule has 4 aromatic rings. The topological polar surface area (TPSA) is 72.9 Å². The molecule has 4 aromatic carbocycles. The summed E-state index contributed by atoms with van der Waals surface area (Å²) in [5.41, 5.74) is 3.59. The van der Waals surface area contributed by atoms with Crippen molar-refractivity contribution in [1.82, 2.24) is 4.90 Å². The first kappa shape index (κ1) is 37.4. The highest BCUT2D eigenvalue weighted by atomic mass is 28.4. The maximum atomic E-state index is 14.6. The van der Waals surface area contributed by atoms with Gasteiger partial charge in [0.15, 0.2) is 0 Å². The Bertz CT molecular complexity index is 2080. The Morgan fingerprint density at radius 2 is 1.41 bits per heavy atom. The van der Waals surface area contributed by atoms with Crippen LogP contribution in [0.2, 0.25) is 5.04 Å². The number of imide groups is 1. The Labute approximate surface area is 318 Å². The fraction of sp³-hybridized carbons (Fsp3) is 0.326. The molecule has 1 unspecified atom stereocenters. The minimum absolute atomic E-state index is 0.158. The van der Waals surface area contributed by atoms with Crippen molar-refractivity contribution < 1.29 is 27.9 Å². The molecule has 0 saturated carbocycles. The fourth-order valence-corrected chi connectivity index (χ4v) is 13.5. The van der Waals surface area contributed by atoms with Gasteiger partial charge in [0, 0.05) is 12.5 Å². The van der Waals surface area contributed by atoms with Crippen LogP contribution in [-0.4, -0.2) is 49.3 Å². The van der Waals surface area contributed by atoms with Gasteiger partial charge in [-0.1, -0.05) is 120 Å². The van der Waals surface area contributed by atoms with Crippen LogP contribution < -0.4 is 10.4 Å². The number of hydrogen-bond acceptors (Lipinski definition) is 5. The third kappa shape index (κ3) is 6.82. The normalized spacial score (nSPS) is 21.8. The molecule has 7 rings (SSSR count). The first-order valence-corrected chi connectivity index (χ1v) is 20.7. The smallest absolute Gasteiger partial charge is 0.308 e. The van der Waals surface area contributed by atoms with Gasteiger partial charge < -0.3 is 9.16 Å². The number of carbonyl (C=O) groups is 3. The third-order valence-electron chi connectivity index (χ3n) is 11.3. The minimum atomic E-state index is -2.93. The zero-order valence-electron chi connectivity index (χ0n) is 31.9. The number of halogens is 1. The van der Waals surface area contributed by atoms with Crippen LogP contribution >= 0.6 is 0 Å². The van der Waals surface area contributed by atoms with Gasteiger partial charge in [0.2, 0.25) is 0 Å². The van der Waals surface area contributed by atoms with Crippen LogP contribution in [0.3, 0.4) is 0 Å². The van der Waals surface area contributed by atoms with E-state index in [-0.39, 0.29) is 41.2 Å². The number of ether oxygens (including phenoxy) is 1. The van der Waals surface area contributed by atoms with Crippen LogP contribution in [0.5, 0.6) is 0 Å². The second-order valence-corrected chi connectivity index (χ2v) is 20.8. The highest BCUT2D eigenvalue weighted by molar-refractivity contribution is 6.99. The number of amides is 2. The van der Waals surface area contributed by atoms with Crippen molar-refractivity contribution in [3.05, 3.63) is 149 Å². The molecular formula is C46H48FNO5Si. The second kappa shape index (κ2) is 14.4. The van der Waals surface area contributed by atoms with E-state index in [1.54, 1.807) is 37.3 Å². The van der Waals surface area contributed by atoms with Gasteiger partial charge >= 0.3 is 5.97 Å². The molecule has 0 N–H and O–H groups in total. The summed E-state index contributed by atoms with van der Waals surface area (Å²) < 4.78 is 27.9. The van der Waals surface area contributed by atoms with Crippen LogP contribution in [0, 0.1) is 18.2 Å². The molecule has 0 aromatic heterocycles. The molecule has 2 aliphatic heterocycles. The van der Waals surface area contributed by atoms with Gasteiger partial charge in [-0.25, -0.2) is 4.39 Å².